The molecule has 0 spiro atoms. The maximum atomic E-state index is 12.2. The summed E-state index contributed by atoms with van der Waals surface area (Å²) in [5.41, 5.74) is 2.88. The highest BCUT2D eigenvalue weighted by molar-refractivity contribution is 5.90. The van der Waals surface area contributed by atoms with Gasteiger partial charge in [-0.05, 0) is 44.0 Å². The van der Waals surface area contributed by atoms with E-state index in [-0.39, 0.29) is 43.0 Å². The Bertz CT molecular complexity index is 1190. The number of nitro groups is 1. The molecule has 172 valence electrons. The zero-order chi connectivity index (χ0) is 24.0. The molecule has 11 nitrogen and oxygen atoms in total. The predicted octanol–water partition coefficient (Wildman–Crippen LogP) is 2.50. The summed E-state index contributed by atoms with van der Waals surface area (Å²) < 4.78 is 10.4. The van der Waals surface area contributed by atoms with Crippen molar-refractivity contribution in [3.8, 4) is 17.1 Å². The lowest BCUT2D eigenvalue weighted by Crippen LogP contribution is -2.36. The van der Waals surface area contributed by atoms with Crippen LogP contribution in [0.15, 0.2) is 40.9 Å². The van der Waals surface area contributed by atoms with Gasteiger partial charge in [-0.15, -0.1) is 0 Å². The number of aromatic nitrogens is 2. The van der Waals surface area contributed by atoms with Crippen molar-refractivity contribution in [1.82, 2.24) is 20.8 Å². The Balaban J connectivity index is 1.46. The fourth-order valence-corrected chi connectivity index (χ4v) is 2.95. The van der Waals surface area contributed by atoms with Gasteiger partial charge in [0.05, 0.1) is 4.92 Å². The first kappa shape index (κ1) is 23.4. The Hall–Kier alpha value is -4.28. The largest absolute Gasteiger partial charge is 0.484 e. The SMILES string of the molecule is Cc1ccc(OCC(=O)NCCNC(=O)c2nc(-c3cccc([N+](=O)[O-])c3C)no2)cc1C. The van der Waals surface area contributed by atoms with Gasteiger partial charge in [-0.3, -0.25) is 19.7 Å². The third kappa shape index (κ3) is 5.91. The van der Waals surface area contributed by atoms with E-state index < -0.39 is 10.8 Å². The summed E-state index contributed by atoms with van der Waals surface area (Å²) >= 11 is 0. The third-order valence-corrected chi connectivity index (χ3v) is 4.94. The monoisotopic (exact) mass is 453 g/mol. The Morgan fingerprint density at radius 3 is 2.58 bits per heavy atom. The molecule has 1 aromatic heterocycles. The van der Waals surface area contributed by atoms with Crippen molar-refractivity contribution in [1.29, 1.82) is 0 Å². The van der Waals surface area contributed by atoms with Gasteiger partial charge in [0.15, 0.2) is 6.61 Å². The fraction of sp³-hybridized carbons (Fsp3) is 0.273. The van der Waals surface area contributed by atoms with E-state index in [0.29, 0.717) is 16.9 Å². The molecule has 2 N–H and O–H groups in total. The van der Waals surface area contributed by atoms with Crippen LogP contribution in [0, 0.1) is 30.9 Å². The van der Waals surface area contributed by atoms with Crippen LogP contribution in [0.25, 0.3) is 11.4 Å². The van der Waals surface area contributed by atoms with Gasteiger partial charge < -0.3 is 19.9 Å². The molecule has 0 aliphatic heterocycles. The molecule has 3 rings (SSSR count). The molecule has 3 aromatic rings. The van der Waals surface area contributed by atoms with Gasteiger partial charge in [-0.1, -0.05) is 23.4 Å². The molecule has 2 aromatic carbocycles. The minimum absolute atomic E-state index is 0.0677. The maximum absolute atomic E-state index is 12.2. The highest BCUT2D eigenvalue weighted by Crippen LogP contribution is 2.27. The second-order valence-corrected chi connectivity index (χ2v) is 7.27. The highest BCUT2D eigenvalue weighted by atomic mass is 16.6. The number of nitrogens with one attached hydrogen (secondary N) is 2. The molecule has 0 saturated heterocycles. The zero-order valence-electron chi connectivity index (χ0n) is 18.4. The molecule has 0 aliphatic carbocycles. The van der Waals surface area contributed by atoms with Gasteiger partial charge in [0.25, 0.3) is 11.6 Å². The Labute approximate surface area is 189 Å². The first-order chi connectivity index (χ1) is 15.8. The van der Waals surface area contributed by atoms with Crippen molar-refractivity contribution >= 4 is 17.5 Å². The molecule has 0 saturated carbocycles. The number of nitro benzene ring substituents is 1. The van der Waals surface area contributed by atoms with E-state index in [1.54, 1.807) is 19.1 Å². The first-order valence-electron chi connectivity index (χ1n) is 10.1. The molecular formula is C22H23N5O6. The number of ether oxygens (including phenoxy) is 1. The summed E-state index contributed by atoms with van der Waals surface area (Å²) in [5, 5.41) is 20.0. The van der Waals surface area contributed by atoms with Gasteiger partial charge in [-0.2, -0.15) is 4.98 Å². The maximum Gasteiger partial charge on any atom is 0.316 e. The quantitative estimate of drug-likeness (QED) is 0.285. The minimum Gasteiger partial charge on any atom is -0.484 e. The summed E-state index contributed by atoms with van der Waals surface area (Å²) in [4.78, 5) is 38.7. The first-order valence-corrected chi connectivity index (χ1v) is 10.1. The van der Waals surface area contributed by atoms with Crippen molar-refractivity contribution in [3.05, 3.63) is 69.1 Å². The van der Waals surface area contributed by atoms with E-state index >= 15 is 0 Å². The number of aryl methyl sites for hydroxylation is 2. The second kappa shape index (κ2) is 10.4. The van der Waals surface area contributed by atoms with Crippen LogP contribution in [0.3, 0.4) is 0 Å². The van der Waals surface area contributed by atoms with Crippen LogP contribution in [0.5, 0.6) is 5.75 Å². The fourth-order valence-electron chi connectivity index (χ4n) is 2.95. The molecule has 0 bridgehead atoms. The number of rotatable bonds is 9. The second-order valence-electron chi connectivity index (χ2n) is 7.27. The minimum atomic E-state index is -0.627. The van der Waals surface area contributed by atoms with Gasteiger partial charge >= 0.3 is 11.8 Å². The Morgan fingerprint density at radius 1 is 1.09 bits per heavy atom. The van der Waals surface area contributed by atoms with Crippen LogP contribution in [0.2, 0.25) is 0 Å². The van der Waals surface area contributed by atoms with Crippen molar-refractivity contribution in [2.24, 2.45) is 0 Å². The van der Waals surface area contributed by atoms with E-state index in [1.807, 2.05) is 26.0 Å². The van der Waals surface area contributed by atoms with Crippen LogP contribution >= 0.6 is 0 Å². The van der Waals surface area contributed by atoms with Crippen LogP contribution in [-0.4, -0.2) is 46.6 Å². The lowest BCUT2D eigenvalue weighted by atomic mass is 10.1. The van der Waals surface area contributed by atoms with E-state index in [9.17, 15) is 19.7 Å². The standard InChI is InChI=1S/C22H23N5O6/c1-13-7-8-16(11-14(13)2)32-12-19(28)23-9-10-24-21(29)22-25-20(26-33-22)17-5-4-6-18(15(17)3)27(30)31/h4-8,11H,9-10,12H2,1-3H3,(H,23,28)(H,24,29). The van der Waals surface area contributed by atoms with Crippen molar-refractivity contribution < 1.29 is 23.8 Å². The zero-order valence-corrected chi connectivity index (χ0v) is 18.4. The van der Waals surface area contributed by atoms with E-state index in [1.165, 1.54) is 12.1 Å². The lowest BCUT2D eigenvalue weighted by Gasteiger charge is -2.09. The molecular weight excluding hydrogens is 430 g/mol. The number of hydrogen-bond donors (Lipinski definition) is 2. The molecule has 0 atom stereocenters. The van der Waals surface area contributed by atoms with Gasteiger partial charge in [-0.25, -0.2) is 0 Å². The molecule has 0 radical (unpaired) electrons. The van der Waals surface area contributed by atoms with Gasteiger partial charge in [0.1, 0.15) is 5.75 Å². The smallest absolute Gasteiger partial charge is 0.316 e. The summed E-state index contributed by atoms with van der Waals surface area (Å²) in [6.07, 6.45) is 0. The van der Waals surface area contributed by atoms with Gasteiger partial charge in [0, 0.05) is 30.3 Å². The van der Waals surface area contributed by atoms with Crippen LogP contribution in [-0.2, 0) is 4.79 Å². The molecule has 1 heterocycles. The Morgan fingerprint density at radius 2 is 1.85 bits per heavy atom. The van der Waals surface area contributed by atoms with Gasteiger partial charge in [0.2, 0.25) is 5.82 Å². The molecule has 33 heavy (non-hydrogen) atoms. The number of nitrogens with zero attached hydrogens (tertiary/aromatic N) is 3. The molecule has 2 amide bonds. The van der Waals surface area contributed by atoms with Crippen LogP contribution in [0.4, 0.5) is 5.69 Å². The van der Waals surface area contributed by atoms with E-state index in [4.69, 9.17) is 9.26 Å². The third-order valence-electron chi connectivity index (χ3n) is 4.94. The van der Waals surface area contributed by atoms with E-state index in [0.717, 1.165) is 11.1 Å². The summed E-state index contributed by atoms with van der Waals surface area (Å²) in [6, 6.07) is 10.0. The molecule has 11 heteroatoms. The average molecular weight is 453 g/mol. The normalized spacial score (nSPS) is 10.5. The van der Waals surface area contributed by atoms with Crippen LogP contribution in [0.1, 0.15) is 27.4 Å². The van der Waals surface area contributed by atoms with E-state index in [2.05, 4.69) is 20.8 Å². The Kier molecular flexibility index (Phi) is 7.34. The molecule has 0 aliphatic rings. The number of amides is 2. The lowest BCUT2D eigenvalue weighted by molar-refractivity contribution is -0.385. The molecule has 0 unspecified atom stereocenters. The summed E-state index contributed by atoms with van der Waals surface area (Å²) in [7, 11) is 0. The number of benzene rings is 2. The van der Waals surface area contributed by atoms with Crippen molar-refractivity contribution in [2.45, 2.75) is 20.8 Å². The summed E-state index contributed by atoms with van der Waals surface area (Å²) in [5.74, 6) is -0.577. The number of hydrogen-bond acceptors (Lipinski definition) is 8. The highest BCUT2D eigenvalue weighted by Gasteiger charge is 2.20. The average Bonchev–Trinajstić information content (AvgIpc) is 3.27. The topological polar surface area (TPSA) is 149 Å². The molecule has 0 fully saturated rings. The summed E-state index contributed by atoms with van der Waals surface area (Å²) in [6.45, 7) is 5.67. The van der Waals surface area contributed by atoms with Crippen LogP contribution < -0.4 is 15.4 Å². The number of carbonyl (C=O) groups excluding carboxylic acids is 2. The number of carbonyl (C=O) groups is 2. The van der Waals surface area contributed by atoms with Crippen molar-refractivity contribution in [2.75, 3.05) is 19.7 Å². The van der Waals surface area contributed by atoms with Crippen molar-refractivity contribution in [3.63, 3.8) is 0 Å². The predicted molar refractivity (Wildman–Crippen MR) is 118 cm³/mol.